The van der Waals surface area contributed by atoms with Gasteiger partial charge in [0.2, 0.25) is 0 Å². The minimum Gasteiger partial charge on any atom is -0.370 e. The summed E-state index contributed by atoms with van der Waals surface area (Å²) < 4.78 is 0.269. The van der Waals surface area contributed by atoms with Crippen molar-refractivity contribution in [2.45, 2.75) is 25.1 Å². The summed E-state index contributed by atoms with van der Waals surface area (Å²) in [4.78, 5) is 6.69. The van der Waals surface area contributed by atoms with E-state index in [9.17, 15) is 0 Å². The molecule has 1 aliphatic rings. The highest BCUT2D eigenvalue weighted by molar-refractivity contribution is 8.00. The average molecular weight is 263 g/mol. The van der Waals surface area contributed by atoms with Crippen LogP contribution in [0.4, 0.5) is 0 Å². The maximum atomic E-state index is 6.08. The van der Waals surface area contributed by atoms with Crippen LogP contribution in [0.3, 0.4) is 0 Å². The zero-order chi connectivity index (χ0) is 13.0. The maximum Gasteiger partial charge on any atom is 0.191 e. The van der Waals surface area contributed by atoms with Gasteiger partial charge in [-0.3, -0.25) is 0 Å². The van der Waals surface area contributed by atoms with Gasteiger partial charge in [0.25, 0.3) is 0 Å². The van der Waals surface area contributed by atoms with Crippen LogP contribution in [0.15, 0.2) is 35.3 Å². The molecule has 0 radical (unpaired) electrons. The summed E-state index contributed by atoms with van der Waals surface area (Å²) in [6, 6.07) is 10.2. The highest BCUT2D eigenvalue weighted by Crippen LogP contribution is 2.29. The minimum atomic E-state index is 0.269. The van der Waals surface area contributed by atoms with Crippen molar-refractivity contribution in [3.63, 3.8) is 0 Å². The Morgan fingerprint density at radius 1 is 1.39 bits per heavy atom. The Kier molecular flexibility index (Phi) is 4.17. The Balaban J connectivity index is 1.96. The fraction of sp³-hybridized carbons (Fsp3) is 0.500. The van der Waals surface area contributed by atoms with Crippen LogP contribution in [0, 0.1) is 0 Å². The molecule has 1 aromatic rings. The molecular formula is C14H21N3S. The van der Waals surface area contributed by atoms with Gasteiger partial charge in [-0.1, -0.05) is 30.3 Å². The van der Waals surface area contributed by atoms with E-state index < -0.39 is 0 Å². The first-order valence-electron chi connectivity index (χ1n) is 6.30. The average Bonchev–Trinajstić information content (AvgIpc) is 2.36. The zero-order valence-corrected chi connectivity index (χ0v) is 11.9. The first kappa shape index (κ1) is 13.3. The van der Waals surface area contributed by atoms with Crippen molar-refractivity contribution in [3.8, 4) is 0 Å². The lowest BCUT2D eigenvalue weighted by atomic mass is 10.2. The minimum absolute atomic E-state index is 0.269. The van der Waals surface area contributed by atoms with Gasteiger partial charge in [-0.15, -0.1) is 0 Å². The van der Waals surface area contributed by atoms with Crippen molar-refractivity contribution in [1.82, 2.24) is 4.90 Å². The van der Waals surface area contributed by atoms with Gasteiger partial charge in [0.15, 0.2) is 5.96 Å². The highest BCUT2D eigenvalue weighted by Gasteiger charge is 2.27. The second-order valence-corrected chi connectivity index (χ2v) is 6.99. The smallest absolute Gasteiger partial charge is 0.191 e. The third-order valence-corrected chi connectivity index (χ3v) is 4.31. The maximum absolute atomic E-state index is 6.08. The third kappa shape index (κ3) is 3.67. The first-order chi connectivity index (χ1) is 8.57. The number of thioether (sulfide) groups is 1. The number of aliphatic imine (C=N–C) groups is 1. The Hall–Kier alpha value is -1.16. The Morgan fingerprint density at radius 2 is 2.11 bits per heavy atom. The van der Waals surface area contributed by atoms with E-state index in [1.165, 1.54) is 5.56 Å². The Labute approximate surface area is 113 Å². The van der Waals surface area contributed by atoms with Crippen molar-refractivity contribution >= 4 is 17.7 Å². The molecule has 18 heavy (non-hydrogen) atoms. The number of nitrogens with zero attached hydrogens (tertiary/aromatic N) is 2. The van der Waals surface area contributed by atoms with E-state index in [4.69, 9.17) is 5.73 Å². The second kappa shape index (κ2) is 5.65. The number of benzene rings is 1. The van der Waals surface area contributed by atoms with Crippen LogP contribution >= 0.6 is 11.8 Å². The number of guanidine groups is 1. The van der Waals surface area contributed by atoms with Gasteiger partial charge < -0.3 is 10.6 Å². The summed E-state index contributed by atoms with van der Waals surface area (Å²) in [5.74, 6) is 1.79. The lowest BCUT2D eigenvalue weighted by Gasteiger charge is -2.38. The van der Waals surface area contributed by atoms with Gasteiger partial charge >= 0.3 is 0 Å². The Morgan fingerprint density at radius 3 is 2.78 bits per heavy atom. The molecule has 3 nitrogen and oxygen atoms in total. The number of hydrogen-bond acceptors (Lipinski definition) is 2. The van der Waals surface area contributed by atoms with E-state index >= 15 is 0 Å². The summed E-state index contributed by atoms with van der Waals surface area (Å²) in [6.45, 7) is 7.15. The van der Waals surface area contributed by atoms with Crippen molar-refractivity contribution in [2.24, 2.45) is 10.7 Å². The molecule has 0 saturated carbocycles. The summed E-state index contributed by atoms with van der Waals surface area (Å²) in [7, 11) is 0. The van der Waals surface area contributed by atoms with Crippen molar-refractivity contribution < 1.29 is 0 Å². The number of nitrogens with two attached hydrogens (primary N) is 1. The van der Waals surface area contributed by atoms with E-state index in [2.05, 4.69) is 35.9 Å². The van der Waals surface area contributed by atoms with E-state index in [0.717, 1.165) is 18.8 Å². The van der Waals surface area contributed by atoms with Gasteiger partial charge in [-0.2, -0.15) is 11.8 Å². The molecule has 1 heterocycles. The molecule has 0 bridgehead atoms. The molecule has 0 unspecified atom stereocenters. The molecule has 1 saturated heterocycles. The topological polar surface area (TPSA) is 41.6 Å². The lowest BCUT2D eigenvalue weighted by Crippen LogP contribution is -2.49. The molecule has 0 amide bonds. The Bertz CT molecular complexity index is 414. The van der Waals surface area contributed by atoms with Crippen LogP contribution in [0.1, 0.15) is 19.4 Å². The molecule has 0 atom stereocenters. The summed E-state index contributed by atoms with van der Waals surface area (Å²) in [5, 5.41) is 0. The predicted octanol–water partition coefficient (Wildman–Crippen LogP) is 2.33. The molecule has 2 rings (SSSR count). The van der Waals surface area contributed by atoms with E-state index in [0.29, 0.717) is 12.5 Å². The standard InChI is InChI=1S/C14H21N3S/c1-14(2)11-17(8-9-18-14)13(15)16-10-12-6-4-3-5-7-12/h3-7H,8-11H2,1-2H3,(H2,15,16). The summed E-state index contributed by atoms with van der Waals surface area (Å²) in [6.07, 6.45) is 0. The van der Waals surface area contributed by atoms with Crippen LogP contribution in [0.5, 0.6) is 0 Å². The molecule has 1 aliphatic heterocycles. The van der Waals surface area contributed by atoms with Gasteiger partial charge in [0.1, 0.15) is 0 Å². The van der Waals surface area contributed by atoms with Crippen molar-refractivity contribution in [3.05, 3.63) is 35.9 Å². The van der Waals surface area contributed by atoms with Crippen LogP contribution in [0.25, 0.3) is 0 Å². The van der Waals surface area contributed by atoms with Gasteiger partial charge in [0.05, 0.1) is 6.54 Å². The largest absolute Gasteiger partial charge is 0.370 e. The molecule has 1 aromatic carbocycles. The predicted molar refractivity (Wildman–Crippen MR) is 79.9 cm³/mol. The molecule has 0 aliphatic carbocycles. The van der Waals surface area contributed by atoms with Gasteiger partial charge in [-0.05, 0) is 19.4 Å². The van der Waals surface area contributed by atoms with Crippen molar-refractivity contribution in [2.75, 3.05) is 18.8 Å². The fourth-order valence-electron chi connectivity index (χ4n) is 2.07. The number of rotatable bonds is 2. The van der Waals surface area contributed by atoms with Crippen LogP contribution in [0.2, 0.25) is 0 Å². The van der Waals surface area contributed by atoms with Crippen LogP contribution < -0.4 is 5.73 Å². The second-order valence-electron chi connectivity index (χ2n) is 5.19. The fourth-order valence-corrected chi connectivity index (χ4v) is 3.18. The van der Waals surface area contributed by atoms with Gasteiger partial charge in [-0.25, -0.2) is 4.99 Å². The summed E-state index contributed by atoms with van der Waals surface area (Å²) in [5.41, 5.74) is 7.28. The van der Waals surface area contributed by atoms with E-state index in [1.54, 1.807) is 0 Å². The summed E-state index contributed by atoms with van der Waals surface area (Å²) >= 11 is 2.00. The third-order valence-electron chi connectivity index (χ3n) is 3.02. The molecule has 98 valence electrons. The molecule has 0 spiro atoms. The normalized spacial score (nSPS) is 19.9. The zero-order valence-electron chi connectivity index (χ0n) is 11.1. The lowest BCUT2D eigenvalue weighted by molar-refractivity contribution is 0.384. The van der Waals surface area contributed by atoms with Gasteiger partial charge in [0, 0.05) is 23.6 Å². The highest BCUT2D eigenvalue weighted by atomic mass is 32.2. The molecular weight excluding hydrogens is 242 g/mol. The molecule has 1 fully saturated rings. The quantitative estimate of drug-likeness (QED) is 0.658. The first-order valence-corrected chi connectivity index (χ1v) is 7.28. The van der Waals surface area contributed by atoms with E-state index in [-0.39, 0.29) is 4.75 Å². The molecule has 0 aromatic heterocycles. The molecule has 4 heteroatoms. The molecule has 2 N–H and O–H groups in total. The van der Waals surface area contributed by atoms with Crippen LogP contribution in [-0.2, 0) is 6.54 Å². The number of hydrogen-bond donors (Lipinski definition) is 1. The van der Waals surface area contributed by atoms with Crippen LogP contribution in [-0.4, -0.2) is 34.4 Å². The van der Waals surface area contributed by atoms with Crippen molar-refractivity contribution in [1.29, 1.82) is 0 Å². The SMILES string of the molecule is CC1(C)CN(C(N)=NCc2ccccc2)CCS1. The monoisotopic (exact) mass is 263 g/mol. The van der Waals surface area contributed by atoms with E-state index in [1.807, 2.05) is 30.0 Å².